The topological polar surface area (TPSA) is 69.0 Å². The van der Waals surface area contributed by atoms with Gasteiger partial charge in [-0.25, -0.2) is 9.83 Å². The summed E-state index contributed by atoms with van der Waals surface area (Å²) in [4.78, 5) is 10.1. The van der Waals surface area contributed by atoms with Crippen molar-refractivity contribution in [3.8, 4) is 22.4 Å². The van der Waals surface area contributed by atoms with E-state index in [2.05, 4.69) is 30.0 Å². The predicted molar refractivity (Wildman–Crippen MR) is 123 cm³/mol. The zero-order valence-corrected chi connectivity index (χ0v) is 18.5. The van der Waals surface area contributed by atoms with Crippen molar-refractivity contribution in [3.05, 3.63) is 72.2 Å². The van der Waals surface area contributed by atoms with Crippen molar-refractivity contribution >= 4 is 11.4 Å². The van der Waals surface area contributed by atoms with Crippen LogP contribution in [-0.4, -0.2) is 42.6 Å². The number of halogens is 1. The van der Waals surface area contributed by atoms with Crippen LogP contribution in [0.1, 0.15) is 24.6 Å². The second-order valence-electron chi connectivity index (χ2n) is 8.28. The Balaban J connectivity index is 1.58. The summed E-state index contributed by atoms with van der Waals surface area (Å²) >= 11 is 0. The van der Waals surface area contributed by atoms with E-state index in [1.54, 1.807) is 17.1 Å². The van der Waals surface area contributed by atoms with E-state index in [0.717, 1.165) is 59.8 Å². The quantitative estimate of drug-likeness (QED) is 0.347. The Bertz CT molecular complexity index is 1320. The van der Waals surface area contributed by atoms with Crippen molar-refractivity contribution < 1.29 is 4.39 Å². The predicted octanol–water partition coefficient (Wildman–Crippen LogP) is 4.35. The minimum Gasteiger partial charge on any atom is -0.380 e. The molecule has 1 fully saturated rings. The van der Waals surface area contributed by atoms with Crippen LogP contribution in [0, 0.1) is 12.5 Å². The van der Waals surface area contributed by atoms with E-state index in [9.17, 15) is 4.39 Å². The standard InChI is InChI=1S/C24H23FN8/c1-26-22-19(20-10-11-32(3)30-20)6-5-18(17-4-7-21(25)27-14-17)23(22)33-12-8-16(9-13-33)24-29-28-15-31(24)2/h4-7,10-11,14-16H,8-9,12-13H2,2-3H3. The number of nitrogens with zero attached hydrogens (tertiary/aromatic N) is 8. The number of rotatable bonds is 4. The molecule has 1 aromatic carbocycles. The Morgan fingerprint density at radius 1 is 1.06 bits per heavy atom. The maximum Gasteiger partial charge on any atom is 0.219 e. The lowest BCUT2D eigenvalue weighted by Crippen LogP contribution is -2.34. The molecule has 0 radical (unpaired) electrons. The van der Waals surface area contributed by atoms with Gasteiger partial charge in [-0.15, -0.1) is 10.2 Å². The van der Waals surface area contributed by atoms with Gasteiger partial charge in [0.05, 0.1) is 18.0 Å². The number of benzene rings is 1. The second-order valence-corrected chi connectivity index (χ2v) is 8.28. The average Bonchev–Trinajstić information content (AvgIpc) is 3.47. The number of piperidine rings is 1. The van der Waals surface area contributed by atoms with Crippen LogP contribution in [0.15, 0.2) is 49.1 Å². The molecule has 0 bridgehead atoms. The SMILES string of the molecule is [C-]#[N+]c1c(-c2ccn(C)n2)ccc(-c2ccc(F)nc2)c1N1CCC(c2nncn2C)CC1. The molecule has 0 atom stereocenters. The molecule has 3 aromatic heterocycles. The molecule has 0 aliphatic carbocycles. The Hall–Kier alpha value is -4.06. The van der Waals surface area contributed by atoms with E-state index >= 15 is 0 Å². The summed E-state index contributed by atoms with van der Waals surface area (Å²) in [6, 6.07) is 8.88. The van der Waals surface area contributed by atoms with Crippen LogP contribution in [0.5, 0.6) is 0 Å². The van der Waals surface area contributed by atoms with Gasteiger partial charge < -0.3 is 9.47 Å². The Morgan fingerprint density at radius 3 is 2.45 bits per heavy atom. The van der Waals surface area contributed by atoms with Crippen LogP contribution in [0.3, 0.4) is 0 Å². The molecular formula is C24H23FN8. The summed E-state index contributed by atoms with van der Waals surface area (Å²) in [5.41, 5.74) is 4.58. The van der Waals surface area contributed by atoms with Crippen LogP contribution in [0.25, 0.3) is 27.2 Å². The minimum absolute atomic E-state index is 0.319. The highest BCUT2D eigenvalue weighted by atomic mass is 19.1. The highest BCUT2D eigenvalue weighted by molar-refractivity contribution is 5.96. The van der Waals surface area contributed by atoms with Gasteiger partial charge in [-0.2, -0.15) is 9.49 Å². The number of anilines is 1. The molecule has 0 N–H and O–H groups in total. The molecule has 8 nitrogen and oxygen atoms in total. The molecule has 0 unspecified atom stereocenters. The van der Waals surface area contributed by atoms with E-state index in [-0.39, 0.29) is 0 Å². The summed E-state index contributed by atoms with van der Waals surface area (Å²) in [7, 11) is 3.83. The number of aromatic nitrogens is 6. The van der Waals surface area contributed by atoms with E-state index < -0.39 is 5.95 Å². The molecule has 9 heteroatoms. The summed E-state index contributed by atoms with van der Waals surface area (Å²) in [5, 5.41) is 12.8. The van der Waals surface area contributed by atoms with E-state index in [1.807, 2.05) is 43.1 Å². The van der Waals surface area contributed by atoms with Gasteiger partial charge in [0.15, 0.2) is 0 Å². The Labute approximate surface area is 191 Å². The summed E-state index contributed by atoms with van der Waals surface area (Å²) in [5.74, 6) is 0.783. The average molecular weight is 443 g/mol. The van der Waals surface area contributed by atoms with Crippen molar-refractivity contribution in [2.24, 2.45) is 14.1 Å². The van der Waals surface area contributed by atoms with Crippen LogP contribution < -0.4 is 4.90 Å². The first kappa shape index (κ1) is 20.8. The Morgan fingerprint density at radius 2 is 1.85 bits per heavy atom. The van der Waals surface area contributed by atoms with Crippen LogP contribution >= 0.6 is 0 Å². The first-order valence-electron chi connectivity index (χ1n) is 10.8. The highest BCUT2D eigenvalue weighted by Crippen LogP contribution is 2.46. The first-order valence-corrected chi connectivity index (χ1v) is 10.8. The normalized spacial score (nSPS) is 14.4. The summed E-state index contributed by atoms with van der Waals surface area (Å²) in [6.07, 6.45) is 6.92. The van der Waals surface area contributed by atoms with E-state index in [1.165, 1.54) is 12.3 Å². The second kappa shape index (κ2) is 8.47. The van der Waals surface area contributed by atoms with Gasteiger partial charge in [-0.1, -0.05) is 12.1 Å². The third kappa shape index (κ3) is 3.84. The maximum atomic E-state index is 13.5. The molecule has 33 heavy (non-hydrogen) atoms. The van der Waals surface area contributed by atoms with E-state index in [4.69, 9.17) is 6.57 Å². The minimum atomic E-state index is -0.528. The number of aryl methyl sites for hydroxylation is 2. The molecule has 1 aliphatic rings. The zero-order chi connectivity index (χ0) is 22.9. The molecule has 0 saturated carbocycles. The van der Waals surface area contributed by atoms with Crippen LogP contribution in [0.4, 0.5) is 15.8 Å². The molecule has 1 aliphatic heterocycles. The molecule has 4 aromatic rings. The van der Waals surface area contributed by atoms with Crippen molar-refractivity contribution in [1.82, 2.24) is 29.5 Å². The first-order chi connectivity index (χ1) is 16.0. The fourth-order valence-electron chi connectivity index (χ4n) is 4.57. The molecule has 166 valence electrons. The van der Waals surface area contributed by atoms with Crippen LogP contribution in [-0.2, 0) is 14.1 Å². The van der Waals surface area contributed by atoms with Crippen molar-refractivity contribution in [2.45, 2.75) is 18.8 Å². The van der Waals surface area contributed by atoms with E-state index in [0.29, 0.717) is 11.6 Å². The van der Waals surface area contributed by atoms with Gasteiger partial charge in [0.25, 0.3) is 0 Å². The van der Waals surface area contributed by atoms with Gasteiger partial charge in [0, 0.05) is 56.6 Å². The smallest absolute Gasteiger partial charge is 0.219 e. The highest BCUT2D eigenvalue weighted by Gasteiger charge is 2.28. The fourth-order valence-corrected chi connectivity index (χ4v) is 4.57. The van der Waals surface area contributed by atoms with Crippen molar-refractivity contribution in [1.29, 1.82) is 0 Å². The molecule has 4 heterocycles. The Kier molecular flexibility index (Phi) is 5.34. The maximum absolute atomic E-state index is 13.5. The van der Waals surface area contributed by atoms with Gasteiger partial charge in [0.1, 0.15) is 12.2 Å². The van der Waals surface area contributed by atoms with Gasteiger partial charge in [-0.3, -0.25) is 4.68 Å². The molecule has 0 amide bonds. The molecule has 0 spiro atoms. The summed E-state index contributed by atoms with van der Waals surface area (Å²) < 4.78 is 17.2. The lowest BCUT2D eigenvalue weighted by molar-refractivity contribution is 0.474. The molecule has 1 saturated heterocycles. The third-order valence-corrected chi connectivity index (χ3v) is 6.21. The third-order valence-electron chi connectivity index (χ3n) is 6.21. The monoisotopic (exact) mass is 442 g/mol. The van der Waals surface area contributed by atoms with Gasteiger partial charge >= 0.3 is 0 Å². The van der Waals surface area contributed by atoms with Crippen molar-refractivity contribution in [2.75, 3.05) is 18.0 Å². The van der Waals surface area contributed by atoms with Gasteiger partial charge in [0.2, 0.25) is 11.6 Å². The van der Waals surface area contributed by atoms with Crippen molar-refractivity contribution in [3.63, 3.8) is 0 Å². The molecular weight excluding hydrogens is 419 g/mol. The lowest BCUT2D eigenvalue weighted by atomic mass is 9.93. The zero-order valence-electron chi connectivity index (χ0n) is 18.5. The van der Waals surface area contributed by atoms with Crippen LogP contribution in [0.2, 0.25) is 0 Å². The number of hydrogen-bond donors (Lipinski definition) is 0. The fraction of sp³-hybridized carbons (Fsp3) is 0.292. The van der Waals surface area contributed by atoms with Gasteiger partial charge in [-0.05, 0) is 36.6 Å². The lowest BCUT2D eigenvalue weighted by Gasteiger charge is -2.35. The largest absolute Gasteiger partial charge is 0.380 e. The molecule has 5 rings (SSSR count). The number of hydrogen-bond acceptors (Lipinski definition) is 5. The number of pyridine rings is 1. The summed E-state index contributed by atoms with van der Waals surface area (Å²) in [6.45, 7) is 9.58.